The second kappa shape index (κ2) is 12.4. The van der Waals surface area contributed by atoms with Crippen molar-refractivity contribution in [3.05, 3.63) is 95.1 Å². The van der Waals surface area contributed by atoms with Crippen LogP contribution < -0.4 is 0 Å². The molecule has 5 heteroatoms. The van der Waals surface area contributed by atoms with E-state index in [1.807, 2.05) is 114 Å². The monoisotopic (exact) mass is 516 g/mol. The molecule has 3 aromatic carbocycles. The molecule has 3 aromatic rings. The van der Waals surface area contributed by atoms with Gasteiger partial charge in [-0.05, 0) is 87.8 Å². The molecule has 0 saturated heterocycles. The predicted octanol–water partition coefficient (Wildman–Crippen LogP) is 6.70. The highest BCUT2D eigenvalue weighted by atomic mass is 16.5. The Morgan fingerprint density at radius 3 is 1.63 bits per heavy atom. The Hall–Kier alpha value is -3.44. The molecule has 202 valence electrons. The zero-order valence-electron chi connectivity index (χ0n) is 23.4. The number of rotatable bonds is 11. The fraction of sp³-hybridized carbons (Fsp3) is 0.394. The number of hydrogen-bond acceptors (Lipinski definition) is 5. The van der Waals surface area contributed by atoms with Gasteiger partial charge in [-0.1, -0.05) is 72.8 Å². The van der Waals surface area contributed by atoms with Crippen LogP contribution in [0, 0.1) is 10.8 Å². The van der Waals surface area contributed by atoms with Crippen LogP contribution in [0.1, 0.15) is 69.9 Å². The number of carbonyl (C=O) groups is 2. The molecule has 38 heavy (non-hydrogen) atoms. The summed E-state index contributed by atoms with van der Waals surface area (Å²) in [5.41, 5.74) is 4.35. The third kappa shape index (κ3) is 7.11. The molecule has 0 aliphatic carbocycles. The van der Waals surface area contributed by atoms with Gasteiger partial charge in [-0.3, -0.25) is 9.59 Å². The molecule has 1 unspecified atom stereocenters. The maximum atomic E-state index is 12.3. The van der Waals surface area contributed by atoms with Crippen LogP contribution in [0.5, 0.6) is 0 Å². The third-order valence-corrected chi connectivity index (χ3v) is 6.76. The van der Waals surface area contributed by atoms with Crippen molar-refractivity contribution in [2.75, 3.05) is 13.2 Å². The summed E-state index contributed by atoms with van der Waals surface area (Å²) >= 11 is 0. The standard InChI is InChI=1S/C33H40O5/c1-7-37-30(35)32(3,4)21-23-13-17-25(18-14-23)27-11-9-10-12-28(27)29(34)26-19-15-24(16-20-26)22-33(5,6)31(36)38-8-2/h9-20,29,34H,7-8,21-22H2,1-6H3. The van der Waals surface area contributed by atoms with Crippen LogP contribution >= 0.6 is 0 Å². The molecule has 0 aromatic heterocycles. The number of esters is 2. The Morgan fingerprint density at radius 1 is 0.711 bits per heavy atom. The van der Waals surface area contributed by atoms with E-state index in [1.54, 1.807) is 0 Å². The summed E-state index contributed by atoms with van der Waals surface area (Å²) in [7, 11) is 0. The molecule has 0 saturated carbocycles. The largest absolute Gasteiger partial charge is 0.466 e. The molecule has 0 aliphatic heterocycles. The van der Waals surface area contributed by atoms with Crippen LogP contribution in [0.3, 0.4) is 0 Å². The normalized spacial score (nSPS) is 12.6. The van der Waals surface area contributed by atoms with Crippen molar-refractivity contribution in [2.24, 2.45) is 10.8 Å². The van der Waals surface area contributed by atoms with E-state index in [1.165, 1.54) is 0 Å². The van der Waals surface area contributed by atoms with E-state index in [-0.39, 0.29) is 11.9 Å². The minimum atomic E-state index is -0.805. The van der Waals surface area contributed by atoms with Crippen molar-refractivity contribution < 1.29 is 24.2 Å². The Kier molecular flexibility index (Phi) is 9.50. The van der Waals surface area contributed by atoms with E-state index in [9.17, 15) is 14.7 Å². The first-order valence-electron chi connectivity index (χ1n) is 13.3. The van der Waals surface area contributed by atoms with Crippen LogP contribution in [0.4, 0.5) is 0 Å². The van der Waals surface area contributed by atoms with E-state index in [0.29, 0.717) is 26.1 Å². The molecule has 0 spiro atoms. The maximum absolute atomic E-state index is 12.3. The first kappa shape index (κ1) is 29.1. The van der Waals surface area contributed by atoms with Gasteiger partial charge in [-0.15, -0.1) is 0 Å². The van der Waals surface area contributed by atoms with Crippen molar-refractivity contribution in [3.63, 3.8) is 0 Å². The van der Waals surface area contributed by atoms with Crippen LogP contribution in [-0.2, 0) is 31.9 Å². The lowest BCUT2D eigenvalue weighted by Crippen LogP contribution is -2.29. The number of carbonyl (C=O) groups excluding carboxylic acids is 2. The molecule has 1 N–H and O–H groups in total. The van der Waals surface area contributed by atoms with E-state index >= 15 is 0 Å². The van der Waals surface area contributed by atoms with Gasteiger partial charge in [0.2, 0.25) is 0 Å². The van der Waals surface area contributed by atoms with Crippen LogP contribution in [0.2, 0.25) is 0 Å². The summed E-state index contributed by atoms with van der Waals surface area (Å²) in [5, 5.41) is 11.3. The molecule has 0 bridgehead atoms. The average Bonchev–Trinajstić information content (AvgIpc) is 2.89. The van der Waals surface area contributed by atoms with Crippen LogP contribution in [0.25, 0.3) is 11.1 Å². The average molecular weight is 517 g/mol. The Labute approximate surface area is 226 Å². The van der Waals surface area contributed by atoms with Crippen molar-refractivity contribution in [2.45, 2.75) is 60.5 Å². The third-order valence-electron chi connectivity index (χ3n) is 6.76. The minimum absolute atomic E-state index is 0.201. The summed E-state index contributed by atoms with van der Waals surface area (Å²) in [6.45, 7) is 11.9. The minimum Gasteiger partial charge on any atom is -0.466 e. The quantitative estimate of drug-likeness (QED) is 0.287. The summed E-state index contributed by atoms with van der Waals surface area (Å²) in [5.74, 6) is -0.415. The second-order valence-corrected chi connectivity index (χ2v) is 11.0. The van der Waals surface area contributed by atoms with E-state index in [2.05, 4.69) is 0 Å². The van der Waals surface area contributed by atoms with Crippen molar-refractivity contribution in [1.29, 1.82) is 0 Å². The molecular weight excluding hydrogens is 476 g/mol. The van der Waals surface area contributed by atoms with E-state index in [4.69, 9.17) is 9.47 Å². The molecule has 3 rings (SSSR count). The highest BCUT2D eigenvalue weighted by Crippen LogP contribution is 2.33. The lowest BCUT2D eigenvalue weighted by atomic mass is 9.84. The van der Waals surface area contributed by atoms with Gasteiger partial charge in [0.05, 0.1) is 24.0 Å². The zero-order chi connectivity index (χ0) is 27.9. The summed E-state index contributed by atoms with van der Waals surface area (Å²) in [6, 6.07) is 23.7. The fourth-order valence-corrected chi connectivity index (χ4v) is 4.62. The van der Waals surface area contributed by atoms with Gasteiger partial charge >= 0.3 is 11.9 Å². The predicted molar refractivity (Wildman–Crippen MR) is 151 cm³/mol. The molecule has 0 amide bonds. The Balaban J connectivity index is 1.78. The highest BCUT2D eigenvalue weighted by molar-refractivity contribution is 5.77. The zero-order valence-corrected chi connectivity index (χ0v) is 23.4. The van der Waals surface area contributed by atoms with E-state index in [0.717, 1.165) is 33.4 Å². The number of aliphatic hydroxyl groups is 1. The van der Waals surface area contributed by atoms with Gasteiger partial charge in [0.1, 0.15) is 6.10 Å². The molecule has 0 fully saturated rings. The molecular formula is C33H40O5. The topological polar surface area (TPSA) is 72.8 Å². The smallest absolute Gasteiger partial charge is 0.311 e. The van der Waals surface area contributed by atoms with Crippen LogP contribution in [0.15, 0.2) is 72.8 Å². The lowest BCUT2D eigenvalue weighted by molar-refractivity contribution is -0.154. The van der Waals surface area contributed by atoms with Crippen molar-refractivity contribution >= 4 is 11.9 Å². The number of ether oxygens (including phenoxy) is 2. The summed E-state index contributed by atoms with van der Waals surface area (Å²) < 4.78 is 10.4. The van der Waals surface area contributed by atoms with Gasteiger partial charge in [-0.2, -0.15) is 0 Å². The SMILES string of the molecule is CCOC(=O)C(C)(C)Cc1ccc(-c2ccccc2C(O)c2ccc(CC(C)(C)C(=O)OCC)cc2)cc1. The summed E-state index contributed by atoms with van der Waals surface area (Å²) in [4.78, 5) is 24.6. The first-order valence-corrected chi connectivity index (χ1v) is 13.3. The van der Waals surface area contributed by atoms with Gasteiger partial charge in [-0.25, -0.2) is 0 Å². The highest BCUT2D eigenvalue weighted by Gasteiger charge is 2.30. The van der Waals surface area contributed by atoms with Crippen molar-refractivity contribution in [1.82, 2.24) is 0 Å². The summed E-state index contributed by atoms with van der Waals surface area (Å²) in [6.07, 6.45) is 0.328. The van der Waals surface area contributed by atoms with Crippen LogP contribution in [-0.4, -0.2) is 30.3 Å². The Bertz CT molecular complexity index is 1220. The van der Waals surface area contributed by atoms with Gasteiger partial charge < -0.3 is 14.6 Å². The number of benzene rings is 3. The maximum Gasteiger partial charge on any atom is 0.311 e. The first-order chi connectivity index (χ1) is 18.0. The fourth-order valence-electron chi connectivity index (χ4n) is 4.62. The molecule has 0 aliphatic rings. The lowest BCUT2D eigenvalue weighted by Gasteiger charge is -2.23. The van der Waals surface area contributed by atoms with Crippen molar-refractivity contribution in [3.8, 4) is 11.1 Å². The molecule has 1 atom stereocenters. The van der Waals surface area contributed by atoms with Gasteiger partial charge in [0.15, 0.2) is 0 Å². The molecule has 5 nitrogen and oxygen atoms in total. The van der Waals surface area contributed by atoms with Gasteiger partial charge in [0, 0.05) is 0 Å². The second-order valence-electron chi connectivity index (χ2n) is 11.0. The van der Waals surface area contributed by atoms with E-state index < -0.39 is 16.9 Å². The molecule has 0 radical (unpaired) electrons. The molecule has 0 heterocycles. The Morgan fingerprint density at radius 2 is 1.16 bits per heavy atom. The number of aliphatic hydroxyl groups excluding tert-OH is 1. The number of hydrogen-bond donors (Lipinski definition) is 1. The van der Waals surface area contributed by atoms with Gasteiger partial charge in [0.25, 0.3) is 0 Å².